The zero-order chi connectivity index (χ0) is 32.6. The van der Waals surface area contributed by atoms with Crippen LogP contribution in [0.3, 0.4) is 0 Å². The Labute approximate surface area is 282 Å². The number of aldehydes is 1. The fourth-order valence-corrected chi connectivity index (χ4v) is 7.35. The summed E-state index contributed by atoms with van der Waals surface area (Å²) in [6, 6.07) is 12.5. The van der Waals surface area contributed by atoms with Crippen LogP contribution in [0.5, 0.6) is 11.5 Å². The van der Waals surface area contributed by atoms with E-state index in [9.17, 15) is 24.6 Å². The molecule has 2 amide bonds. The Hall–Kier alpha value is -3.42. The Morgan fingerprint density at radius 1 is 1.17 bits per heavy atom. The summed E-state index contributed by atoms with van der Waals surface area (Å²) >= 11 is 2.04. The molecule has 0 radical (unpaired) electrons. The number of fused-ring (bicyclic) bond motifs is 1. The lowest BCUT2D eigenvalue weighted by atomic mass is 9.87. The third-order valence-corrected chi connectivity index (χ3v) is 9.83. The summed E-state index contributed by atoms with van der Waals surface area (Å²) in [4.78, 5) is 43.9. The number of aliphatic hydroxyl groups excluding tert-OH is 2. The zero-order valence-corrected chi connectivity index (χ0v) is 28.2. The first-order valence-corrected chi connectivity index (χ1v) is 17.0. The van der Waals surface area contributed by atoms with Crippen molar-refractivity contribution < 1.29 is 34.1 Å². The predicted octanol–water partition coefficient (Wildman–Crippen LogP) is 4.55. The quantitative estimate of drug-likeness (QED) is 0.140. The van der Waals surface area contributed by atoms with Crippen LogP contribution in [0, 0.1) is 9.49 Å². The normalized spacial score (nSPS) is 19.9. The molecule has 0 saturated heterocycles. The largest absolute Gasteiger partial charge is 0.493 e. The van der Waals surface area contributed by atoms with Gasteiger partial charge in [0.25, 0.3) is 0 Å². The molecular formula is C35H42IN3O7. The Bertz CT molecular complexity index is 1530. The first-order chi connectivity index (χ1) is 22.3. The standard InChI is InChI=1S/C35H42IN3O7/c1-45-31-17-23(21-41)16-27(36)34(31)46-30-20-25(35(44)37-13-15-40)19-29(33(30)43)39(32(42)11-10-22-6-2-3-7-22)14-12-26-18-24-8-4-5-9-28(24)38-26/h4-5,8-9,16-18,20-22,29-30,33,38,40,43H,2-3,6-7,10-15,19H2,1H3,(H,37,44)/t29-,30+,33+/m1/s1. The van der Waals surface area contributed by atoms with Crippen molar-refractivity contribution >= 4 is 51.6 Å². The number of H-pyrrole nitrogens is 1. The molecule has 246 valence electrons. The monoisotopic (exact) mass is 743 g/mol. The van der Waals surface area contributed by atoms with Crippen molar-refractivity contribution in [3.05, 3.63) is 68.9 Å². The molecule has 4 N–H and O–H groups in total. The maximum atomic E-state index is 14.0. The van der Waals surface area contributed by atoms with Crippen molar-refractivity contribution in [1.82, 2.24) is 15.2 Å². The van der Waals surface area contributed by atoms with E-state index in [4.69, 9.17) is 9.47 Å². The van der Waals surface area contributed by atoms with E-state index in [1.165, 1.54) is 20.0 Å². The summed E-state index contributed by atoms with van der Waals surface area (Å²) in [6.45, 7) is 0.184. The summed E-state index contributed by atoms with van der Waals surface area (Å²) in [5, 5.41) is 25.0. The number of aromatic amines is 1. The molecule has 2 aliphatic carbocycles. The lowest BCUT2D eigenvalue weighted by Gasteiger charge is -2.41. The van der Waals surface area contributed by atoms with E-state index >= 15 is 0 Å². The number of nitrogens with zero attached hydrogens (tertiary/aromatic N) is 1. The van der Waals surface area contributed by atoms with E-state index in [0.717, 1.165) is 35.9 Å². The second kappa shape index (κ2) is 15.9. The summed E-state index contributed by atoms with van der Waals surface area (Å²) in [6.07, 6.45) is 6.58. The SMILES string of the molecule is COc1cc(C=O)cc(I)c1O[C@H]1C=C(C(=O)NCCO)C[C@@H](N(CCc2cc3ccccc3[nH]2)C(=O)CCC2CCCC2)[C@@H]1O. The summed E-state index contributed by atoms with van der Waals surface area (Å²) in [7, 11) is 1.46. The number of aliphatic hydroxyl groups is 2. The molecule has 1 aromatic heterocycles. The van der Waals surface area contributed by atoms with Gasteiger partial charge >= 0.3 is 0 Å². The summed E-state index contributed by atoms with van der Waals surface area (Å²) < 4.78 is 12.5. The molecule has 0 bridgehead atoms. The lowest BCUT2D eigenvalue weighted by molar-refractivity contribution is -0.138. The average Bonchev–Trinajstić information content (AvgIpc) is 3.74. The van der Waals surface area contributed by atoms with Gasteiger partial charge in [-0.25, -0.2) is 0 Å². The zero-order valence-electron chi connectivity index (χ0n) is 26.0. The Morgan fingerprint density at radius 3 is 2.67 bits per heavy atom. The number of ether oxygens (including phenoxy) is 2. The van der Waals surface area contributed by atoms with Crippen molar-refractivity contribution in [2.24, 2.45) is 5.92 Å². The highest BCUT2D eigenvalue weighted by Crippen LogP contribution is 2.37. The molecule has 5 rings (SSSR count). The number of halogens is 1. The second-order valence-electron chi connectivity index (χ2n) is 12.1. The van der Waals surface area contributed by atoms with Crippen molar-refractivity contribution in [1.29, 1.82) is 0 Å². The van der Waals surface area contributed by atoms with Crippen LogP contribution in [0.2, 0.25) is 0 Å². The van der Waals surface area contributed by atoms with E-state index < -0.39 is 24.2 Å². The third kappa shape index (κ3) is 8.10. The van der Waals surface area contributed by atoms with Crippen LogP contribution in [0.25, 0.3) is 10.9 Å². The number of aromatic nitrogens is 1. The van der Waals surface area contributed by atoms with Gasteiger partial charge in [0.15, 0.2) is 11.5 Å². The average molecular weight is 744 g/mol. The molecule has 0 aliphatic heterocycles. The Kier molecular flexibility index (Phi) is 11.7. The van der Waals surface area contributed by atoms with Gasteiger partial charge in [0.2, 0.25) is 11.8 Å². The van der Waals surface area contributed by atoms with E-state index in [0.29, 0.717) is 57.8 Å². The fraction of sp³-hybridized carbons (Fsp3) is 0.457. The number of hydrogen-bond acceptors (Lipinski definition) is 7. The van der Waals surface area contributed by atoms with Crippen LogP contribution in [0.4, 0.5) is 0 Å². The van der Waals surface area contributed by atoms with E-state index in [1.807, 2.05) is 46.9 Å². The first-order valence-electron chi connectivity index (χ1n) is 15.9. The van der Waals surface area contributed by atoms with Crippen LogP contribution < -0.4 is 14.8 Å². The number of hydrogen-bond donors (Lipinski definition) is 4. The number of methoxy groups -OCH3 is 1. The highest BCUT2D eigenvalue weighted by atomic mass is 127. The highest BCUT2D eigenvalue weighted by molar-refractivity contribution is 14.1. The van der Waals surface area contributed by atoms with Gasteiger partial charge in [-0.05, 0) is 70.7 Å². The van der Waals surface area contributed by atoms with Crippen LogP contribution >= 0.6 is 22.6 Å². The van der Waals surface area contributed by atoms with Crippen LogP contribution in [0.15, 0.2) is 54.1 Å². The van der Waals surface area contributed by atoms with Gasteiger partial charge in [0, 0.05) is 54.7 Å². The minimum Gasteiger partial charge on any atom is -0.493 e. The smallest absolute Gasteiger partial charge is 0.247 e. The number of benzene rings is 2. The van der Waals surface area contributed by atoms with Gasteiger partial charge in [-0.1, -0.05) is 43.9 Å². The number of nitrogens with one attached hydrogen (secondary N) is 2. The number of carbonyl (C=O) groups excluding carboxylic acids is 3. The predicted molar refractivity (Wildman–Crippen MR) is 183 cm³/mol. The molecule has 1 heterocycles. The molecule has 0 spiro atoms. The minimum atomic E-state index is -1.17. The molecule has 1 fully saturated rings. The lowest BCUT2D eigenvalue weighted by Crippen LogP contribution is -2.55. The Balaban J connectivity index is 1.45. The van der Waals surface area contributed by atoms with Gasteiger partial charge in [-0.2, -0.15) is 0 Å². The highest BCUT2D eigenvalue weighted by Gasteiger charge is 2.41. The fourth-order valence-electron chi connectivity index (χ4n) is 6.59. The maximum absolute atomic E-state index is 14.0. The molecule has 0 unspecified atom stereocenters. The molecule has 2 aliphatic rings. The van der Waals surface area contributed by atoms with Gasteiger partial charge in [0.1, 0.15) is 18.5 Å². The van der Waals surface area contributed by atoms with Gasteiger partial charge < -0.3 is 34.9 Å². The van der Waals surface area contributed by atoms with E-state index in [1.54, 1.807) is 23.1 Å². The van der Waals surface area contributed by atoms with Gasteiger partial charge in [0.05, 0.1) is 23.3 Å². The number of rotatable bonds is 14. The number of carbonyl (C=O) groups is 3. The number of amides is 2. The Morgan fingerprint density at radius 2 is 1.96 bits per heavy atom. The van der Waals surface area contributed by atoms with Gasteiger partial charge in [-0.15, -0.1) is 0 Å². The second-order valence-corrected chi connectivity index (χ2v) is 13.2. The third-order valence-electron chi connectivity index (χ3n) is 9.03. The molecule has 46 heavy (non-hydrogen) atoms. The maximum Gasteiger partial charge on any atom is 0.247 e. The molecule has 11 heteroatoms. The van der Waals surface area contributed by atoms with Gasteiger partial charge in [-0.3, -0.25) is 14.4 Å². The molecule has 3 atom stereocenters. The van der Waals surface area contributed by atoms with Crippen LogP contribution in [-0.4, -0.2) is 83.3 Å². The van der Waals surface area contributed by atoms with E-state index in [2.05, 4.69) is 16.4 Å². The van der Waals surface area contributed by atoms with Crippen molar-refractivity contribution in [2.75, 3.05) is 26.8 Å². The molecule has 1 saturated carbocycles. The van der Waals surface area contributed by atoms with Crippen molar-refractivity contribution in [3.63, 3.8) is 0 Å². The summed E-state index contributed by atoms with van der Waals surface area (Å²) in [5.74, 6) is 0.695. The number of para-hydroxylation sites is 1. The topological polar surface area (TPSA) is 141 Å². The van der Waals surface area contributed by atoms with Crippen LogP contribution in [-0.2, 0) is 16.0 Å². The summed E-state index contributed by atoms with van der Waals surface area (Å²) in [5.41, 5.74) is 2.74. The minimum absolute atomic E-state index is 0.0645. The molecule has 3 aromatic rings. The molecular weight excluding hydrogens is 701 g/mol. The first kappa shape index (κ1) is 33.9. The van der Waals surface area contributed by atoms with Crippen LogP contribution in [0.1, 0.15) is 61.0 Å². The molecule has 10 nitrogen and oxygen atoms in total. The van der Waals surface area contributed by atoms with Crippen molar-refractivity contribution in [2.45, 2.75) is 69.6 Å². The van der Waals surface area contributed by atoms with Crippen molar-refractivity contribution in [3.8, 4) is 11.5 Å². The molecule has 2 aromatic carbocycles. The van der Waals surface area contributed by atoms with E-state index in [-0.39, 0.29) is 25.5 Å².